The number of hydrogen-bond acceptors (Lipinski definition) is 7. The molecule has 0 radical (unpaired) electrons. The fourth-order valence-electron chi connectivity index (χ4n) is 3.83. The lowest BCUT2D eigenvalue weighted by Gasteiger charge is -2.28. The Morgan fingerprint density at radius 2 is 1.79 bits per heavy atom. The van der Waals surface area contributed by atoms with Crippen LogP contribution in [0.3, 0.4) is 0 Å². The Balaban J connectivity index is 1.61. The van der Waals surface area contributed by atoms with E-state index in [1.807, 2.05) is 0 Å². The molecule has 3 amide bonds. The fraction of sp³-hybridized carbons (Fsp3) is 0.346. The molecule has 10 nitrogen and oxygen atoms in total. The Kier molecular flexibility index (Phi) is 11.0. The first-order valence-corrected chi connectivity index (χ1v) is 13.9. The highest BCUT2D eigenvalue weighted by atomic mass is 35.5. The maximum Gasteiger partial charge on any atom is 0.330 e. The second kappa shape index (κ2) is 14.2. The van der Waals surface area contributed by atoms with Crippen LogP contribution in [0.15, 0.2) is 36.4 Å². The average molecular weight is 596 g/mol. The van der Waals surface area contributed by atoms with E-state index in [4.69, 9.17) is 33.0 Å². The number of nitrogens with zero attached hydrogens (tertiary/aromatic N) is 1. The van der Waals surface area contributed by atoms with Gasteiger partial charge in [0.15, 0.2) is 0 Å². The second-order valence-corrected chi connectivity index (χ2v) is 10.7. The molecule has 13 heteroatoms. The number of carbonyl (C=O) groups excluding carboxylic acids is 4. The van der Waals surface area contributed by atoms with Crippen LogP contribution < -0.4 is 15.4 Å². The van der Waals surface area contributed by atoms with Crippen LogP contribution in [0, 0.1) is 6.92 Å². The molecule has 1 fully saturated rings. The second-order valence-electron chi connectivity index (χ2n) is 8.62. The highest BCUT2D eigenvalue weighted by Crippen LogP contribution is 2.27. The molecule has 1 unspecified atom stereocenters. The summed E-state index contributed by atoms with van der Waals surface area (Å²) in [6.07, 6.45) is -0.158. The van der Waals surface area contributed by atoms with E-state index < -0.39 is 42.2 Å². The number of anilines is 1. The third-order valence-electron chi connectivity index (χ3n) is 5.83. The number of rotatable bonds is 9. The van der Waals surface area contributed by atoms with Crippen molar-refractivity contribution in [3.05, 3.63) is 57.6 Å². The average Bonchev–Trinajstić information content (AvgIpc) is 3.14. The Hall–Kier alpha value is -3.28. The number of halogens is 2. The lowest BCUT2D eigenvalue weighted by Crippen LogP contribution is -2.51. The highest BCUT2D eigenvalue weighted by molar-refractivity contribution is 7.99. The molecule has 208 valence electrons. The lowest BCUT2D eigenvalue weighted by molar-refractivity contribution is -0.144. The van der Waals surface area contributed by atoms with Gasteiger partial charge in [-0.05, 0) is 42.9 Å². The Morgan fingerprint density at radius 3 is 2.49 bits per heavy atom. The minimum atomic E-state index is -1.09. The van der Waals surface area contributed by atoms with E-state index in [1.165, 1.54) is 23.1 Å². The molecule has 1 atom stereocenters. The standard InChI is InChI=1S/C26H27Cl2N3O7S/c1-15-5-6-16(30-26(37)24-17(27)3-2-4-18(24)28)13-20(15)38-23(35)14-29-25(36)19-9-11-39-12-10-31(19)21(32)7-8-22(33)34/h2-6,13,19H,7-12,14H2,1H3,(H,29,36)(H,30,37)(H,33,34). The molecule has 2 aromatic carbocycles. The summed E-state index contributed by atoms with van der Waals surface area (Å²) in [5, 5.41) is 14.4. The van der Waals surface area contributed by atoms with Crippen LogP contribution in [0.25, 0.3) is 0 Å². The number of amides is 3. The van der Waals surface area contributed by atoms with Crippen molar-refractivity contribution in [3.8, 4) is 5.75 Å². The number of carboxylic acid groups (broad SMARTS) is 1. The van der Waals surface area contributed by atoms with Crippen LogP contribution in [0.5, 0.6) is 5.75 Å². The minimum absolute atomic E-state index is 0.107. The molecule has 0 bridgehead atoms. The topological polar surface area (TPSA) is 142 Å². The van der Waals surface area contributed by atoms with Crippen molar-refractivity contribution in [2.75, 3.05) is 29.9 Å². The number of aliphatic carboxylic acids is 1. The zero-order valence-corrected chi connectivity index (χ0v) is 23.3. The van der Waals surface area contributed by atoms with Crippen LogP contribution in [-0.4, -0.2) is 70.3 Å². The molecule has 1 saturated heterocycles. The molecule has 3 N–H and O–H groups in total. The number of ether oxygens (including phenoxy) is 1. The molecule has 0 spiro atoms. The van der Waals surface area contributed by atoms with Gasteiger partial charge in [-0.3, -0.25) is 19.2 Å². The van der Waals surface area contributed by atoms with Gasteiger partial charge in [0.25, 0.3) is 5.91 Å². The van der Waals surface area contributed by atoms with E-state index in [9.17, 15) is 24.0 Å². The van der Waals surface area contributed by atoms with Crippen molar-refractivity contribution < 1.29 is 33.8 Å². The van der Waals surface area contributed by atoms with Crippen molar-refractivity contribution in [1.29, 1.82) is 0 Å². The SMILES string of the molecule is Cc1ccc(NC(=O)c2c(Cl)cccc2Cl)cc1OC(=O)CNC(=O)C1CCSCCN1C(=O)CCC(=O)O. The molecule has 0 aliphatic carbocycles. The van der Waals surface area contributed by atoms with E-state index in [2.05, 4.69) is 10.6 Å². The maximum atomic E-state index is 12.9. The third kappa shape index (κ3) is 8.61. The summed E-state index contributed by atoms with van der Waals surface area (Å²) < 4.78 is 5.42. The first kappa shape index (κ1) is 30.3. The fourth-order valence-corrected chi connectivity index (χ4v) is 5.32. The maximum absolute atomic E-state index is 12.9. The van der Waals surface area contributed by atoms with Gasteiger partial charge in [-0.25, -0.2) is 4.79 Å². The number of carbonyl (C=O) groups is 5. The van der Waals surface area contributed by atoms with Gasteiger partial charge >= 0.3 is 11.9 Å². The molecule has 2 aromatic rings. The predicted molar refractivity (Wildman–Crippen MR) is 149 cm³/mol. The first-order valence-electron chi connectivity index (χ1n) is 12.0. The van der Waals surface area contributed by atoms with E-state index in [0.29, 0.717) is 35.7 Å². The zero-order valence-electron chi connectivity index (χ0n) is 21.0. The summed E-state index contributed by atoms with van der Waals surface area (Å²) in [6.45, 7) is 1.56. The molecule has 3 rings (SSSR count). The van der Waals surface area contributed by atoms with Crippen molar-refractivity contribution in [1.82, 2.24) is 10.2 Å². The molecule has 1 aliphatic heterocycles. The van der Waals surface area contributed by atoms with Gasteiger partial charge in [-0.2, -0.15) is 11.8 Å². The summed E-state index contributed by atoms with van der Waals surface area (Å²) in [5.41, 5.74) is 1.05. The van der Waals surface area contributed by atoms with Gasteiger partial charge < -0.3 is 25.4 Å². The smallest absolute Gasteiger partial charge is 0.330 e. The van der Waals surface area contributed by atoms with Crippen LogP contribution in [0.1, 0.15) is 35.2 Å². The summed E-state index contributed by atoms with van der Waals surface area (Å²) in [6, 6.07) is 8.62. The molecule has 0 saturated carbocycles. The number of benzene rings is 2. The molecular formula is C26H27Cl2N3O7S. The predicted octanol–water partition coefficient (Wildman–Crippen LogP) is 3.77. The van der Waals surface area contributed by atoms with Crippen LogP contribution in [-0.2, 0) is 19.2 Å². The summed E-state index contributed by atoms with van der Waals surface area (Å²) in [4.78, 5) is 62.9. The van der Waals surface area contributed by atoms with Gasteiger partial charge in [-0.1, -0.05) is 35.3 Å². The first-order chi connectivity index (χ1) is 18.6. The number of thioether (sulfide) groups is 1. The Morgan fingerprint density at radius 1 is 1.08 bits per heavy atom. The van der Waals surface area contributed by atoms with Gasteiger partial charge in [0.05, 0.1) is 22.0 Å². The number of aryl methyl sites for hydroxylation is 1. The molecule has 39 heavy (non-hydrogen) atoms. The summed E-state index contributed by atoms with van der Waals surface area (Å²) >= 11 is 13.8. The summed E-state index contributed by atoms with van der Waals surface area (Å²) in [7, 11) is 0. The third-order valence-corrected chi connectivity index (χ3v) is 7.46. The monoisotopic (exact) mass is 595 g/mol. The quantitative estimate of drug-likeness (QED) is 0.294. The van der Waals surface area contributed by atoms with Gasteiger partial charge in [0.2, 0.25) is 11.8 Å². The summed E-state index contributed by atoms with van der Waals surface area (Å²) in [5.74, 6) is -1.89. The molecule has 1 heterocycles. The van der Waals surface area contributed by atoms with Crippen molar-refractivity contribution in [3.63, 3.8) is 0 Å². The van der Waals surface area contributed by atoms with Crippen molar-refractivity contribution in [2.45, 2.75) is 32.2 Å². The largest absolute Gasteiger partial charge is 0.481 e. The minimum Gasteiger partial charge on any atom is -0.481 e. The zero-order chi connectivity index (χ0) is 28.5. The van der Waals surface area contributed by atoms with Crippen LogP contribution in [0.2, 0.25) is 10.0 Å². The number of esters is 1. The highest BCUT2D eigenvalue weighted by Gasteiger charge is 2.31. The van der Waals surface area contributed by atoms with E-state index >= 15 is 0 Å². The van der Waals surface area contributed by atoms with Crippen LogP contribution >= 0.6 is 35.0 Å². The Bertz CT molecular complexity index is 1250. The lowest BCUT2D eigenvalue weighted by atomic mass is 10.1. The van der Waals surface area contributed by atoms with Gasteiger partial charge in [0, 0.05) is 30.5 Å². The normalized spacial score (nSPS) is 15.2. The number of hydrogen-bond donors (Lipinski definition) is 3. The molecule has 1 aliphatic rings. The van der Waals surface area contributed by atoms with Crippen LogP contribution in [0.4, 0.5) is 5.69 Å². The van der Waals surface area contributed by atoms with E-state index in [0.717, 1.165) is 0 Å². The Labute approximate surface area is 239 Å². The van der Waals surface area contributed by atoms with Gasteiger partial charge in [0.1, 0.15) is 18.3 Å². The molecular weight excluding hydrogens is 569 g/mol. The van der Waals surface area contributed by atoms with E-state index in [-0.39, 0.29) is 34.2 Å². The van der Waals surface area contributed by atoms with Gasteiger partial charge in [-0.15, -0.1) is 0 Å². The molecule has 0 aromatic heterocycles. The number of nitrogens with one attached hydrogen (secondary N) is 2. The van der Waals surface area contributed by atoms with Crippen molar-refractivity contribution in [2.24, 2.45) is 0 Å². The van der Waals surface area contributed by atoms with E-state index in [1.54, 1.807) is 36.9 Å². The van der Waals surface area contributed by atoms with Crippen molar-refractivity contribution >= 4 is 70.3 Å². The number of carboxylic acids is 1.